The van der Waals surface area contributed by atoms with E-state index in [0.29, 0.717) is 0 Å². The minimum absolute atomic E-state index is 0.0374. The number of nitrogens with zero attached hydrogens (tertiary/aromatic N) is 1. The predicted molar refractivity (Wildman–Crippen MR) is 177 cm³/mol. The molecule has 2 N–H and O–H groups in total. The van der Waals surface area contributed by atoms with Crippen molar-refractivity contribution in [3.05, 3.63) is 77.4 Å². The van der Waals surface area contributed by atoms with Crippen LogP contribution in [0.3, 0.4) is 0 Å². The fourth-order valence-electron chi connectivity index (χ4n) is 4.39. The molecular formula is C36H47N3O5. The van der Waals surface area contributed by atoms with Crippen LogP contribution in [0.25, 0.3) is 22.3 Å². The van der Waals surface area contributed by atoms with Gasteiger partial charge in [0.2, 0.25) is 5.96 Å². The molecule has 0 atom stereocenters. The van der Waals surface area contributed by atoms with Gasteiger partial charge in [-0.2, -0.15) is 0 Å². The van der Waals surface area contributed by atoms with Crippen molar-refractivity contribution in [3.63, 3.8) is 0 Å². The van der Waals surface area contributed by atoms with Crippen LogP contribution >= 0.6 is 0 Å². The van der Waals surface area contributed by atoms with Gasteiger partial charge >= 0.3 is 12.2 Å². The number of amides is 2. The summed E-state index contributed by atoms with van der Waals surface area (Å²) in [6, 6.07) is 20.9. The van der Waals surface area contributed by atoms with Crippen LogP contribution in [0.15, 0.2) is 65.7 Å². The number of ether oxygens (including phenoxy) is 3. The highest BCUT2D eigenvalue weighted by Gasteiger charge is 2.21. The third-order valence-electron chi connectivity index (χ3n) is 6.42. The summed E-state index contributed by atoms with van der Waals surface area (Å²) in [5.41, 5.74) is 5.75. The molecule has 44 heavy (non-hydrogen) atoms. The second-order valence-electron chi connectivity index (χ2n) is 13.9. The summed E-state index contributed by atoms with van der Waals surface area (Å²) in [4.78, 5) is 29.2. The topological polar surface area (TPSA) is 98.3 Å². The standard InChI is InChI=1S/C36H47N3O5/c1-23-12-17-29(30(18-23)42-11)27-20-24(19-26(21-27)25-13-15-28(16-14-25)34(2,3)4)22-37-31(38-32(40)43-35(5,6)7)39-33(41)44-36(8,9)10/h12-21H,22H2,1-11H3,(H2,37,38,39,40,41). The molecule has 2 amide bonds. The fourth-order valence-corrected chi connectivity index (χ4v) is 4.39. The van der Waals surface area contributed by atoms with Crippen LogP contribution in [-0.4, -0.2) is 36.5 Å². The third kappa shape index (κ3) is 10.4. The largest absolute Gasteiger partial charge is 0.496 e. The highest BCUT2D eigenvalue weighted by atomic mass is 16.6. The molecule has 0 spiro atoms. The molecule has 0 aromatic heterocycles. The van der Waals surface area contributed by atoms with Crippen molar-refractivity contribution >= 4 is 18.1 Å². The van der Waals surface area contributed by atoms with Crippen LogP contribution in [0.2, 0.25) is 0 Å². The first-order valence-corrected chi connectivity index (χ1v) is 14.8. The number of hydrogen-bond acceptors (Lipinski definition) is 5. The number of methoxy groups -OCH3 is 1. The molecule has 8 nitrogen and oxygen atoms in total. The van der Waals surface area contributed by atoms with Gasteiger partial charge in [0.15, 0.2) is 0 Å². The molecule has 0 saturated carbocycles. The van der Waals surface area contributed by atoms with E-state index < -0.39 is 23.4 Å². The maximum absolute atomic E-state index is 12.6. The molecule has 3 aromatic rings. The number of rotatable bonds is 5. The van der Waals surface area contributed by atoms with Crippen LogP contribution in [-0.2, 0) is 21.4 Å². The summed E-state index contributed by atoms with van der Waals surface area (Å²) in [6.45, 7) is 19.3. The Hall–Kier alpha value is -4.33. The van der Waals surface area contributed by atoms with E-state index in [4.69, 9.17) is 14.2 Å². The van der Waals surface area contributed by atoms with Gasteiger partial charge in [-0.1, -0.05) is 57.2 Å². The zero-order chi connectivity index (χ0) is 32.9. The van der Waals surface area contributed by atoms with Crippen LogP contribution in [0.5, 0.6) is 5.75 Å². The zero-order valence-corrected chi connectivity index (χ0v) is 28.0. The SMILES string of the molecule is COc1cc(C)ccc1-c1cc(CN/C(=N/C(=O)OC(C)(C)C)NC(=O)OC(C)(C)C)cc(-c2ccc(C(C)(C)C)cc2)c1. The smallest absolute Gasteiger partial charge is 0.437 e. The molecule has 0 heterocycles. The molecule has 0 fully saturated rings. The van der Waals surface area contributed by atoms with Crippen molar-refractivity contribution < 1.29 is 23.8 Å². The Kier molecular flexibility index (Phi) is 10.5. The molecule has 3 rings (SSSR count). The van der Waals surface area contributed by atoms with Crippen LogP contribution in [0.1, 0.15) is 79.0 Å². The highest BCUT2D eigenvalue weighted by molar-refractivity contribution is 5.98. The van der Waals surface area contributed by atoms with Gasteiger partial charge in [0.1, 0.15) is 17.0 Å². The Morgan fingerprint density at radius 1 is 0.750 bits per heavy atom. The molecular weight excluding hydrogens is 554 g/mol. The van der Waals surface area contributed by atoms with Gasteiger partial charge in [0, 0.05) is 12.1 Å². The van der Waals surface area contributed by atoms with Crippen LogP contribution in [0.4, 0.5) is 9.59 Å². The minimum Gasteiger partial charge on any atom is -0.496 e. The number of hydrogen-bond donors (Lipinski definition) is 2. The van der Waals surface area contributed by atoms with Gasteiger partial charge in [-0.15, -0.1) is 4.99 Å². The van der Waals surface area contributed by atoms with Gasteiger partial charge < -0.3 is 19.5 Å². The first-order valence-electron chi connectivity index (χ1n) is 14.8. The van der Waals surface area contributed by atoms with Gasteiger partial charge in [0.25, 0.3) is 0 Å². The summed E-state index contributed by atoms with van der Waals surface area (Å²) in [7, 11) is 1.66. The summed E-state index contributed by atoms with van der Waals surface area (Å²) >= 11 is 0. The number of aliphatic imine (C=N–C) groups is 1. The normalized spacial score (nSPS) is 12.4. The quantitative estimate of drug-likeness (QED) is 0.225. The number of benzene rings is 3. The average Bonchev–Trinajstić information content (AvgIpc) is 2.89. The van der Waals surface area contributed by atoms with E-state index in [1.807, 2.05) is 25.1 Å². The number of nitrogens with one attached hydrogen (secondary N) is 2. The maximum atomic E-state index is 12.6. The molecule has 0 radical (unpaired) electrons. The molecule has 0 aliphatic heterocycles. The fraction of sp³-hybridized carbons (Fsp3) is 0.417. The Morgan fingerprint density at radius 3 is 1.93 bits per heavy atom. The second-order valence-corrected chi connectivity index (χ2v) is 13.9. The van der Waals surface area contributed by atoms with E-state index in [9.17, 15) is 9.59 Å². The number of carbonyl (C=O) groups is 2. The Bertz CT molecular complexity index is 1500. The second kappa shape index (κ2) is 13.5. The lowest BCUT2D eigenvalue weighted by molar-refractivity contribution is 0.0560. The third-order valence-corrected chi connectivity index (χ3v) is 6.42. The minimum atomic E-state index is -0.839. The Morgan fingerprint density at radius 2 is 1.36 bits per heavy atom. The number of alkyl carbamates (subject to hydrolysis) is 1. The molecule has 236 valence electrons. The monoisotopic (exact) mass is 601 g/mol. The van der Waals surface area contributed by atoms with Crippen molar-refractivity contribution in [3.8, 4) is 28.0 Å². The van der Waals surface area contributed by atoms with E-state index in [1.165, 1.54) is 5.56 Å². The molecule has 8 heteroatoms. The first-order chi connectivity index (χ1) is 20.3. The van der Waals surface area contributed by atoms with Gasteiger partial charge in [-0.05, 0) is 112 Å². The first kappa shape index (κ1) is 34.2. The summed E-state index contributed by atoms with van der Waals surface area (Å²) in [5, 5.41) is 5.65. The molecule has 0 aliphatic rings. The van der Waals surface area contributed by atoms with Crippen LogP contribution < -0.4 is 15.4 Å². The molecule has 0 saturated heterocycles. The number of guanidine groups is 1. The van der Waals surface area contributed by atoms with Crippen molar-refractivity contribution in [2.45, 2.75) is 92.4 Å². The van der Waals surface area contributed by atoms with E-state index >= 15 is 0 Å². The van der Waals surface area contributed by atoms with Crippen molar-refractivity contribution in [1.82, 2.24) is 10.6 Å². The lowest BCUT2D eigenvalue weighted by atomic mass is 9.86. The Labute approximate surface area is 262 Å². The van der Waals surface area contributed by atoms with E-state index in [-0.39, 0.29) is 17.9 Å². The predicted octanol–water partition coefficient (Wildman–Crippen LogP) is 8.54. The molecule has 0 unspecified atom stereocenters. The van der Waals surface area contributed by atoms with E-state index in [2.05, 4.69) is 78.9 Å². The van der Waals surface area contributed by atoms with Crippen molar-refractivity contribution in [2.24, 2.45) is 4.99 Å². The van der Waals surface area contributed by atoms with Gasteiger partial charge in [-0.25, -0.2) is 9.59 Å². The number of aryl methyl sites for hydroxylation is 1. The molecule has 0 aliphatic carbocycles. The van der Waals surface area contributed by atoms with E-state index in [0.717, 1.165) is 39.1 Å². The van der Waals surface area contributed by atoms with Crippen molar-refractivity contribution in [2.75, 3.05) is 7.11 Å². The van der Waals surface area contributed by atoms with Gasteiger partial charge in [0.05, 0.1) is 7.11 Å². The maximum Gasteiger partial charge on any atom is 0.437 e. The summed E-state index contributed by atoms with van der Waals surface area (Å²) in [6.07, 6.45) is -1.58. The average molecular weight is 602 g/mol. The zero-order valence-electron chi connectivity index (χ0n) is 28.0. The molecule has 3 aromatic carbocycles. The van der Waals surface area contributed by atoms with Crippen LogP contribution in [0, 0.1) is 6.92 Å². The van der Waals surface area contributed by atoms with E-state index in [1.54, 1.807) is 48.7 Å². The van der Waals surface area contributed by atoms with Crippen molar-refractivity contribution in [1.29, 1.82) is 0 Å². The lowest BCUT2D eigenvalue weighted by Crippen LogP contribution is -2.44. The summed E-state index contributed by atoms with van der Waals surface area (Å²) < 4.78 is 16.5. The molecule has 0 bridgehead atoms. The Balaban J connectivity index is 2.04. The number of carbonyl (C=O) groups excluding carboxylic acids is 2. The van der Waals surface area contributed by atoms with Gasteiger partial charge in [-0.3, -0.25) is 5.32 Å². The highest BCUT2D eigenvalue weighted by Crippen LogP contribution is 2.35. The lowest BCUT2D eigenvalue weighted by Gasteiger charge is -2.21. The summed E-state index contributed by atoms with van der Waals surface area (Å²) in [5.74, 6) is 0.686.